The summed E-state index contributed by atoms with van der Waals surface area (Å²) < 4.78 is 0. The topological polar surface area (TPSA) is 20.2 Å². The van der Waals surface area contributed by atoms with E-state index < -0.39 is 6.10 Å². The number of rotatable bonds is 1. The van der Waals surface area contributed by atoms with E-state index in [1.165, 1.54) is 0 Å². The van der Waals surface area contributed by atoms with E-state index >= 15 is 0 Å². The van der Waals surface area contributed by atoms with Crippen LogP contribution in [-0.4, -0.2) is 5.11 Å². The molecule has 1 unspecified atom stereocenters. The second kappa shape index (κ2) is 4.10. The minimum atomic E-state index is -0.673. The molecular formula is C10H10OS. The number of aliphatic hydroxyl groups excluding tert-OH is 1. The summed E-state index contributed by atoms with van der Waals surface area (Å²) >= 11 is 1.55. The van der Waals surface area contributed by atoms with Gasteiger partial charge in [0.25, 0.3) is 0 Å². The molecule has 0 saturated heterocycles. The number of allylic oxidation sites excluding steroid dienone is 1. The van der Waals surface area contributed by atoms with Crippen molar-refractivity contribution < 1.29 is 5.11 Å². The van der Waals surface area contributed by atoms with Gasteiger partial charge in [-0.15, -0.1) is 0 Å². The van der Waals surface area contributed by atoms with Crippen LogP contribution in [0.15, 0.2) is 29.0 Å². The van der Waals surface area contributed by atoms with E-state index in [-0.39, 0.29) is 0 Å². The molecule has 1 rings (SSSR count). The predicted molar refractivity (Wildman–Crippen MR) is 51.9 cm³/mol. The molecule has 1 N–H and O–H groups in total. The molecule has 62 valence electrons. The molecule has 0 saturated carbocycles. The zero-order valence-electron chi connectivity index (χ0n) is 6.87. The molecule has 1 heterocycles. The molecule has 1 atom stereocenters. The summed E-state index contributed by atoms with van der Waals surface area (Å²) in [5.74, 6) is 5.44. The quantitative estimate of drug-likeness (QED) is 0.654. The lowest BCUT2D eigenvalue weighted by Gasteiger charge is -1.96. The Balaban J connectivity index is 2.69. The van der Waals surface area contributed by atoms with Crippen molar-refractivity contribution in [2.45, 2.75) is 13.0 Å². The monoisotopic (exact) mass is 178 g/mol. The molecule has 0 aliphatic rings. The fourth-order valence-electron chi connectivity index (χ4n) is 0.705. The first-order valence-electron chi connectivity index (χ1n) is 3.57. The van der Waals surface area contributed by atoms with Gasteiger partial charge in [0, 0.05) is 5.56 Å². The van der Waals surface area contributed by atoms with Crippen LogP contribution in [0.1, 0.15) is 18.6 Å². The highest BCUT2D eigenvalue weighted by Crippen LogP contribution is 2.14. The fraction of sp³-hybridized carbons (Fsp3) is 0.200. The number of aliphatic hydroxyl groups is 1. The largest absolute Gasteiger partial charge is 0.376 e. The second-order valence-corrected chi connectivity index (χ2v) is 3.29. The van der Waals surface area contributed by atoms with E-state index in [1.807, 2.05) is 23.8 Å². The van der Waals surface area contributed by atoms with Crippen molar-refractivity contribution in [2.24, 2.45) is 0 Å². The molecule has 0 aliphatic heterocycles. The molecule has 0 bridgehead atoms. The third kappa shape index (κ3) is 2.54. The maximum absolute atomic E-state index is 9.45. The van der Waals surface area contributed by atoms with E-state index in [4.69, 9.17) is 0 Å². The summed E-state index contributed by atoms with van der Waals surface area (Å²) in [6.07, 6.45) is -0.673. The lowest BCUT2D eigenvalue weighted by Crippen LogP contribution is -1.89. The molecule has 0 aliphatic carbocycles. The van der Waals surface area contributed by atoms with Gasteiger partial charge in [-0.05, 0) is 29.3 Å². The minimum Gasteiger partial charge on any atom is -0.376 e. The summed E-state index contributed by atoms with van der Waals surface area (Å²) in [4.78, 5) is 0. The molecule has 0 fully saturated rings. The molecular weight excluding hydrogens is 168 g/mol. The maximum atomic E-state index is 9.45. The van der Waals surface area contributed by atoms with Crippen molar-refractivity contribution in [3.05, 3.63) is 34.5 Å². The van der Waals surface area contributed by atoms with Gasteiger partial charge < -0.3 is 5.11 Å². The van der Waals surface area contributed by atoms with E-state index in [0.29, 0.717) is 0 Å². The molecule has 2 heteroatoms. The minimum absolute atomic E-state index is 0.673. The van der Waals surface area contributed by atoms with E-state index in [2.05, 4.69) is 18.4 Å². The zero-order chi connectivity index (χ0) is 8.97. The van der Waals surface area contributed by atoms with Crippen LogP contribution in [0.25, 0.3) is 0 Å². The van der Waals surface area contributed by atoms with E-state index in [9.17, 15) is 5.11 Å². The van der Waals surface area contributed by atoms with Crippen molar-refractivity contribution in [1.82, 2.24) is 0 Å². The molecule has 1 aromatic rings. The highest BCUT2D eigenvalue weighted by Gasteiger charge is 2.01. The molecule has 0 radical (unpaired) electrons. The van der Waals surface area contributed by atoms with Gasteiger partial charge >= 0.3 is 0 Å². The van der Waals surface area contributed by atoms with Crippen molar-refractivity contribution in [3.8, 4) is 11.8 Å². The molecule has 1 aromatic heterocycles. The molecule has 0 amide bonds. The van der Waals surface area contributed by atoms with Crippen LogP contribution < -0.4 is 0 Å². The summed E-state index contributed by atoms with van der Waals surface area (Å²) in [7, 11) is 0. The first-order chi connectivity index (χ1) is 5.70. The number of hydrogen-bond acceptors (Lipinski definition) is 2. The normalized spacial score (nSPS) is 11.5. The van der Waals surface area contributed by atoms with Crippen LogP contribution in [0, 0.1) is 11.8 Å². The van der Waals surface area contributed by atoms with Crippen LogP contribution in [-0.2, 0) is 0 Å². The Kier molecular flexibility index (Phi) is 3.09. The predicted octanol–water partition coefficient (Wildman–Crippen LogP) is 2.36. The van der Waals surface area contributed by atoms with E-state index in [0.717, 1.165) is 11.1 Å². The Morgan fingerprint density at radius 1 is 1.75 bits per heavy atom. The fourth-order valence-corrected chi connectivity index (χ4v) is 1.38. The first-order valence-corrected chi connectivity index (χ1v) is 4.51. The summed E-state index contributed by atoms with van der Waals surface area (Å²) in [6, 6.07) is 1.86. The number of hydrogen-bond donors (Lipinski definition) is 1. The SMILES string of the molecule is C=C(C)C#CC(O)c1ccsc1. The van der Waals surface area contributed by atoms with Crippen molar-refractivity contribution in [2.75, 3.05) is 0 Å². The molecule has 1 nitrogen and oxygen atoms in total. The lowest BCUT2D eigenvalue weighted by atomic mass is 10.2. The smallest absolute Gasteiger partial charge is 0.141 e. The standard InChI is InChI=1S/C10H10OS/c1-8(2)3-4-10(11)9-5-6-12-7-9/h5-7,10-11H,1H2,2H3. The Labute approximate surface area is 76.4 Å². The van der Waals surface area contributed by atoms with Gasteiger partial charge in [0.05, 0.1) is 0 Å². The Morgan fingerprint density at radius 2 is 2.50 bits per heavy atom. The van der Waals surface area contributed by atoms with Gasteiger partial charge in [-0.2, -0.15) is 11.3 Å². The third-order valence-corrected chi connectivity index (χ3v) is 1.98. The first kappa shape index (κ1) is 9.05. The average Bonchev–Trinajstić information content (AvgIpc) is 2.51. The molecule has 0 spiro atoms. The Hall–Kier alpha value is -1.04. The van der Waals surface area contributed by atoms with Crippen LogP contribution in [0.3, 0.4) is 0 Å². The highest BCUT2D eigenvalue weighted by molar-refractivity contribution is 7.07. The van der Waals surface area contributed by atoms with Crippen LogP contribution in [0.5, 0.6) is 0 Å². The Bertz CT molecular complexity index is 313. The highest BCUT2D eigenvalue weighted by atomic mass is 32.1. The van der Waals surface area contributed by atoms with Crippen molar-refractivity contribution in [3.63, 3.8) is 0 Å². The zero-order valence-corrected chi connectivity index (χ0v) is 7.69. The van der Waals surface area contributed by atoms with Gasteiger partial charge in [-0.3, -0.25) is 0 Å². The second-order valence-electron chi connectivity index (χ2n) is 2.51. The maximum Gasteiger partial charge on any atom is 0.141 e. The van der Waals surface area contributed by atoms with Crippen LogP contribution >= 0.6 is 11.3 Å². The van der Waals surface area contributed by atoms with Gasteiger partial charge in [0.1, 0.15) is 6.10 Å². The summed E-state index contributed by atoms with van der Waals surface area (Å²) in [5.41, 5.74) is 1.62. The average molecular weight is 178 g/mol. The third-order valence-electron chi connectivity index (χ3n) is 1.28. The van der Waals surface area contributed by atoms with Gasteiger partial charge in [-0.25, -0.2) is 0 Å². The lowest BCUT2D eigenvalue weighted by molar-refractivity contribution is 0.239. The van der Waals surface area contributed by atoms with Crippen molar-refractivity contribution >= 4 is 11.3 Å². The Morgan fingerprint density at radius 3 is 3.00 bits per heavy atom. The van der Waals surface area contributed by atoms with Gasteiger partial charge in [0.15, 0.2) is 0 Å². The summed E-state index contributed by atoms with van der Waals surface area (Å²) in [5, 5.41) is 13.3. The van der Waals surface area contributed by atoms with Gasteiger partial charge in [0.2, 0.25) is 0 Å². The van der Waals surface area contributed by atoms with Crippen LogP contribution in [0.2, 0.25) is 0 Å². The van der Waals surface area contributed by atoms with Gasteiger partial charge in [-0.1, -0.05) is 18.4 Å². The number of thiophene rings is 1. The van der Waals surface area contributed by atoms with E-state index in [1.54, 1.807) is 11.3 Å². The summed E-state index contributed by atoms with van der Waals surface area (Å²) in [6.45, 7) is 5.44. The van der Waals surface area contributed by atoms with Crippen LogP contribution in [0.4, 0.5) is 0 Å². The van der Waals surface area contributed by atoms with Crippen molar-refractivity contribution in [1.29, 1.82) is 0 Å². The molecule has 12 heavy (non-hydrogen) atoms. The molecule has 0 aromatic carbocycles.